The van der Waals surface area contributed by atoms with Crippen LogP contribution < -0.4 is 5.32 Å². The zero-order valence-corrected chi connectivity index (χ0v) is 18.5. The summed E-state index contributed by atoms with van der Waals surface area (Å²) < 4.78 is 6.11. The Morgan fingerprint density at radius 2 is 1.76 bits per heavy atom. The maximum absolute atomic E-state index is 13.4. The molecule has 0 bridgehead atoms. The number of carbonyl (C=O) groups is 2. The first kappa shape index (κ1) is 19.9. The predicted octanol–water partition coefficient (Wildman–Crippen LogP) is 4.83. The van der Waals surface area contributed by atoms with Gasteiger partial charge in [-0.25, -0.2) is 4.79 Å². The van der Waals surface area contributed by atoms with Gasteiger partial charge in [0.05, 0.1) is 12.7 Å². The first-order chi connectivity index (χ1) is 14.0. The molecule has 0 unspecified atom stereocenters. The molecule has 1 aliphatic carbocycles. The highest BCUT2D eigenvalue weighted by Crippen LogP contribution is 2.46. The third kappa shape index (κ3) is 3.64. The second-order valence-electron chi connectivity index (χ2n) is 7.44. The Bertz CT molecular complexity index is 1040. The molecule has 0 spiro atoms. The highest BCUT2D eigenvalue weighted by atomic mass is 127. The van der Waals surface area contributed by atoms with Crippen LogP contribution in [-0.2, 0) is 14.3 Å². The third-order valence-electron chi connectivity index (χ3n) is 5.72. The number of allylic oxidation sites excluding steroid dienone is 3. The molecule has 148 valence electrons. The second kappa shape index (κ2) is 8.14. The van der Waals surface area contributed by atoms with Crippen LogP contribution in [0.25, 0.3) is 0 Å². The van der Waals surface area contributed by atoms with Gasteiger partial charge < -0.3 is 10.1 Å². The van der Waals surface area contributed by atoms with E-state index in [0.717, 1.165) is 26.9 Å². The molecule has 2 atom stereocenters. The first-order valence-corrected chi connectivity index (χ1v) is 10.7. The predicted molar refractivity (Wildman–Crippen MR) is 120 cm³/mol. The van der Waals surface area contributed by atoms with E-state index in [0.29, 0.717) is 17.6 Å². The lowest BCUT2D eigenvalue weighted by Gasteiger charge is -2.37. The van der Waals surface area contributed by atoms with Gasteiger partial charge >= 0.3 is 5.97 Å². The Balaban J connectivity index is 1.84. The Morgan fingerprint density at radius 3 is 2.45 bits per heavy atom. The van der Waals surface area contributed by atoms with Gasteiger partial charge in [-0.2, -0.15) is 0 Å². The number of esters is 1. The van der Waals surface area contributed by atoms with E-state index in [1.807, 2.05) is 49.4 Å². The van der Waals surface area contributed by atoms with E-state index in [1.54, 1.807) is 0 Å². The van der Waals surface area contributed by atoms with Gasteiger partial charge in [0, 0.05) is 32.9 Å². The van der Waals surface area contributed by atoms with Crippen molar-refractivity contribution in [3.8, 4) is 0 Å². The number of dihydropyridines is 1. The van der Waals surface area contributed by atoms with Gasteiger partial charge in [-0.1, -0.05) is 48.5 Å². The number of methoxy groups -OCH3 is 1. The number of hydrogen-bond acceptors (Lipinski definition) is 4. The van der Waals surface area contributed by atoms with Crippen LogP contribution in [0.5, 0.6) is 0 Å². The van der Waals surface area contributed by atoms with Crippen LogP contribution in [0.4, 0.5) is 0 Å². The summed E-state index contributed by atoms with van der Waals surface area (Å²) in [4.78, 5) is 26.1. The molecule has 0 fully saturated rings. The Morgan fingerprint density at radius 1 is 1.07 bits per heavy atom. The lowest BCUT2D eigenvalue weighted by Crippen LogP contribution is -2.36. The molecule has 0 saturated carbocycles. The van der Waals surface area contributed by atoms with Gasteiger partial charge in [0.1, 0.15) is 0 Å². The fourth-order valence-corrected chi connectivity index (χ4v) is 5.10. The largest absolute Gasteiger partial charge is 0.466 e. The van der Waals surface area contributed by atoms with E-state index in [4.69, 9.17) is 4.74 Å². The van der Waals surface area contributed by atoms with Gasteiger partial charge in [0.2, 0.25) is 0 Å². The molecule has 29 heavy (non-hydrogen) atoms. The van der Waals surface area contributed by atoms with Crippen molar-refractivity contribution in [1.29, 1.82) is 0 Å². The minimum Gasteiger partial charge on any atom is -0.466 e. The van der Waals surface area contributed by atoms with Crippen LogP contribution in [0.15, 0.2) is 77.1 Å². The quantitative estimate of drug-likeness (QED) is 0.486. The minimum absolute atomic E-state index is 0.0890. The molecule has 4 nitrogen and oxygen atoms in total. The van der Waals surface area contributed by atoms with Crippen molar-refractivity contribution in [2.45, 2.75) is 31.6 Å². The average Bonchev–Trinajstić information content (AvgIpc) is 2.73. The number of carbonyl (C=O) groups excluding carboxylic acids is 2. The van der Waals surface area contributed by atoms with Gasteiger partial charge in [0.15, 0.2) is 5.78 Å². The van der Waals surface area contributed by atoms with Crippen molar-refractivity contribution in [1.82, 2.24) is 5.32 Å². The molecule has 0 aromatic heterocycles. The number of benzene rings is 2. The minimum atomic E-state index is -0.406. The van der Waals surface area contributed by atoms with Crippen molar-refractivity contribution in [2.75, 3.05) is 7.11 Å². The van der Waals surface area contributed by atoms with E-state index in [1.165, 1.54) is 12.7 Å². The molecular weight excluding hydrogens is 477 g/mol. The first-order valence-electron chi connectivity index (χ1n) is 9.63. The van der Waals surface area contributed by atoms with Crippen LogP contribution in [0, 0.1) is 3.57 Å². The molecule has 1 N–H and O–H groups in total. The standard InChI is InChI=1S/C24H22INO3/c1-14-21(24(28)29-2)22(17-10-6-7-11-18(17)25)23-19(26-14)12-16(13-20(23)27)15-8-4-3-5-9-15/h3-11,16,22,26H,12-13H2,1-2H3/t16-,22-/m1/s1. The monoisotopic (exact) mass is 499 g/mol. The summed E-state index contributed by atoms with van der Waals surface area (Å²) in [6.45, 7) is 1.88. The molecule has 2 aliphatic rings. The normalized spacial score (nSPS) is 21.6. The molecule has 4 rings (SSSR count). The lowest BCUT2D eigenvalue weighted by atomic mass is 9.72. The SMILES string of the molecule is COC(=O)C1=C(C)NC2=C(C(=O)C[C@H](c3ccccc3)C2)[C@@H]1c1ccccc1I. The van der Waals surface area contributed by atoms with Crippen molar-refractivity contribution >= 4 is 34.3 Å². The molecular formula is C24H22INO3. The molecule has 1 heterocycles. The Kier molecular flexibility index (Phi) is 5.58. The highest BCUT2D eigenvalue weighted by molar-refractivity contribution is 14.1. The molecule has 0 radical (unpaired) electrons. The average molecular weight is 499 g/mol. The summed E-state index contributed by atoms with van der Waals surface area (Å²) in [6.07, 6.45) is 1.19. The molecule has 5 heteroatoms. The molecule has 1 aliphatic heterocycles. The number of ether oxygens (including phenoxy) is 1. The lowest BCUT2D eigenvalue weighted by molar-refractivity contribution is -0.136. The Hall–Kier alpha value is -2.41. The van der Waals surface area contributed by atoms with E-state index in [-0.39, 0.29) is 11.7 Å². The van der Waals surface area contributed by atoms with E-state index < -0.39 is 11.9 Å². The van der Waals surface area contributed by atoms with Crippen molar-refractivity contribution in [2.24, 2.45) is 0 Å². The summed E-state index contributed by atoms with van der Waals surface area (Å²) in [6, 6.07) is 18.1. The molecule has 0 amide bonds. The van der Waals surface area contributed by atoms with Crippen LogP contribution >= 0.6 is 22.6 Å². The Labute approximate surface area is 184 Å². The summed E-state index contributed by atoms with van der Waals surface area (Å²) in [7, 11) is 1.38. The van der Waals surface area contributed by atoms with E-state index >= 15 is 0 Å². The highest BCUT2D eigenvalue weighted by Gasteiger charge is 2.41. The van der Waals surface area contributed by atoms with Crippen LogP contribution in [0.1, 0.15) is 42.7 Å². The van der Waals surface area contributed by atoms with Gasteiger partial charge in [-0.15, -0.1) is 0 Å². The summed E-state index contributed by atoms with van der Waals surface area (Å²) >= 11 is 2.27. The molecule has 2 aromatic rings. The third-order valence-corrected chi connectivity index (χ3v) is 6.70. The number of halogens is 1. The van der Waals surface area contributed by atoms with Crippen molar-refractivity contribution < 1.29 is 14.3 Å². The molecule has 2 aromatic carbocycles. The van der Waals surface area contributed by atoms with Crippen molar-refractivity contribution in [3.05, 3.63) is 91.8 Å². The van der Waals surface area contributed by atoms with Crippen LogP contribution in [0.3, 0.4) is 0 Å². The topological polar surface area (TPSA) is 55.4 Å². The van der Waals surface area contributed by atoms with E-state index in [2.05, 4.69) is 40.0 Å². The molecule has 0 saturated heterocycles. The maximum Gasteiger partial charge on any atom is 0.336 e. The maximum atomic E-state index is 13.4. The van der Waals surface area contributed by atoms with Crippen LogP contribution in [0.2, 0.25) is 0 Å². The summed E-state index contributed by atoms with van der Waals surface area (Å²) in [5, 5.41) is 3.37. The van der Waals surface area contributed by atoms with Gasteiger partial charge in [-0.3, -0.25) is 4.79 Å². The van der Waals surface area contributed by atoms with Crippen molar-refractivity contribution in [3.63, 3.8) is 0 Å². The number of ketones is 1. The number of Topliss-reactive ketones (excluding diaryl/α,β-unsaturated/α-hetero) is 1. The summed E-state index contributed by atoms with van der Waals surface area (Å²) in [5.41, 5.74) is 5.02. The van der Waals surface area contributed by atoms with Gasteiger partial charge in [-0.05, 0) is 59.0 Å². The van der Waals surface area contributed by atoms with E-state index in [9.17, 15) is 9.59 Å². The number of hydrogen-bond donors (Lipinski definition) is 1. The smallest absolute Gasteiger partial charge is 0.336 e. The van der Waals surface area contributed by atoms with Crippen LogP contribution in [-0.4, -0.2) is 18.9 Å². The number of rotatable bonds is 3. The second-order valence-corrected chi connectivity index (χ2v) is 8.60. The zero-order chi connectivity index (χ0) is 20.5. The fraction of sp³-hybridized carbons (Fsp3) is 0.250. The fourth-order valence-electron chi connectivity index (χ4n) is 4.40. The zero-order valence-electron chi connectivity index (χ0n) is 16.4. The van der Waals surface area contributed by atoms with Gasteiger partial charge in [0.25, 0.3) is 0 Å². The summed E-state index contributed by atoms with van der Waals surface area (Å²) in [5.74, 6) is -0.579. The number of nitrogens with one attached hydrogen (secondary N) is 1.